The quantitative estimate of drug-likeness (QED) is 0.847. The Hall–Kier alpha value is -2.62. The lowest BCUT2D eigenvalue weighted by Gasteiger charge is -2.06. The molecule has 0 saturated heterocycles. The van der Waals surface area contributed by atoms with Gasteiger partial charge < -0.3 is 9.84 Å². The highest BCUT2D eigenvalue weighted by Gasteiger charge is 2.02. The highest BCUT2D eigenvalue weighted by molar-refractivity contribution is 5.91. The van der Waals surface area contributed by atoms with Crippen molar-refractivity contribution in [3.8, 4) is 5.75 Å². The summed E-state index contributed by atoms with van der Waals surface area (Å²) < 4.78 is 5.64. The third-order valence-electron chi connectivity index (χ3n) is 2.70. The van der Waals surface area contributed by atoms with Crippen LogP contribution >= 0.6 is 0 Å². The number of carboxylic acids is 1. The van der Waals surface area contributed by atoms with Gasteiger partial charge in [0.15, 0.2) is 0 Å². The predicted octanol–water partition coefficient (Wildman–Crippen LogP) is 3.15. The second-order valence-corrected chi connectivity index (χ2v) is 4.36. The monoisotopic (exact) mass is 269 g/mol. The van der Waals surface area contributed by atoms with Crippen molar-refractivity contribution in [2.45, 2.75) is 13.5 Å². The average Bonchev–Trinajstić information content (AvgIpc) is 2.46. The molecule has 4 nitrogen and oxygen atoms in total. The van der Waals surface area contributed by atoms with E-state index in [1.807, 2.05) is 30.3 Å². The molecule has 1 N–H and O–H groups in total. The van der Waals surface area contributed by atoms with Gasteiger partial charge >= 0.3 is 5.97 Å². The first-order valence-electron chi connectivity index (χ1n) is 6.18. The van der Waals surface area contributed by atoms with E-state index in [0.717, 1.165) is 5.56 Å². The SMILES string of the molecule is CC(=Cc1cncc(OCc2ccccc2)c1)C(=O)O. The number of nitrogens with zero attached hydrogens (tertiary/aromatic N) is 1. The molecule has 0 bridgehead atoms. The van der Waals surface area contributed by atoms with Gasteiger partial charge in [-0.15, -0.1) is 0 Å². The van der Waals surface area contributed by atoms with Crippen LogP contribution in [0.2, 0.25) is 0 Å². The van der Waals surface area contributed by atoms with Gasteiger partial charge in [0.05, 0.1) is 6.20 Å². The van der Waals surface area contributed by atoms with Crippen LogP contribution < -0.4 is 4.74 Å². The molecule has 0 aliphatic heterocycles. The zero-order valence-electron chi connectivity index (χ0n) is 11.1. The first-order chi connectivity index (χ1) is 9.65. The lowest BCUT2D eigenvalue weighted by Crippen LogP contribution is -1.97. The number of carbonyl (C=O) groups is 1. The van der Waals surface area contributed by atoms with Crippen LogP contribution in [0.15, 0.2) is 54.4 Å². The summed E-state index contributed by atoms with van der Waals surface area (Å²) in [5.41, 5.74) is 2.03. The van der Waals surface area contributed by atoms with E-state index in [4.69, 9.17) is 9.84 Å². The van der Waals surface area contributed by atoms with Crippen LogP contribution in [0.1, 0.15) is 18.1 Å². The van der Waals surface area contributed by atoms with Gasteiger partial charge in [-0.1, -0.05) is 30.3 Å². The van der Waals surface area contributed by atoms with E-state index in [0.29, 0.717) is 17.9 Å². The van der Waals surface area contributed by atoms with Gasteiger partial charge in [0.25, 0.3) is 0 Å². The number of hydrogen-bond donors (Lipinski definition) is 1. The number of hydrogen-bond acceptors (Lipinski definition) is 3. The summed E-state index contributed by atoms with van der Waals surface area (Å²) in [6.07, 6.45) is 4.77. The third kappa shape index (κ3) is 3.95. The summed E-state index contributed by atoms with van der Waals surface area (Å²) in [7, 11) is 0. The summed E-state index contributed by atoms with van der Waals surface area (Å²) >= 11 is 0. The zero-order chi connectivity index (χ0) is 14.4. The van der Waals surface area contributed by atoms with Crippen molar-refractivity contribution < 1.29 is 14.6 Å². The number of aliphatic carboxylic acids is 1. The normalized spacial score (nSPS) is 11.2. The third-order valence-corrected chi connectivity index (χ3v) is 2.70. The van der Waals surface area contributed by atoms with Gasteiger partial charge in [0.2, 0.25) is 0 Å². The Morgan fingerprint density at radius 2 is 2.05 bits per heavy atom. The topological polar surface area (TPSA) is 59.4 Å². The summed E-state index contributed by atoms with van der Waals surface area (Å²) in [5.74, 6) is -0.332. The van der Waals surface area contributed by atoms with Crippen LogP contribution in [0.3, 0.4) is 0 Å². The van der Waals surface area contributed by atoms with Gasteiger partial charge in [-0.05, 0) is 30.2 Å². The molecule has 0 atom stereocenters. The highest BCUT2D eigenvalue weighted by Crippen LogP contribution is 2.15. The van der Waals surface area contributed by atoms with E-state index < -0.39 is 5.97 Å². The number of rotatable bonds is 5. The molecule has 20 heavy (non-hydrogen) atoms. The fourth-order valence-electron chi connectivity index (χ4n) is 1.65. The number of benzene rings is 1. The van der Waals surface area contributed by atoms with E-state index in [2.05, 4.69) is 4.98 Å². The van der Waals surface area contributed by atoms with E-state index >= 15 is 0 Å². The maximum absolute atomic E-state index is 10.8. The Morgan fingerprint density at radius 3 is 2.75 bits per heavy atom. The fraction of sp³-hybridized carbons (Fsp3) is 0.125. The van der Waals surface area contributed by atoms with Crippen LogP contribution in [0.4, 0.5) is 0 Å². The molecule has 0 amide bonds. The van der Waals surface area contributed by atoms with Gasteiger partial charge in [-0.3, -0.25) is 4.98 Å². The Kier molecular flexibility index (Phi) is 4.50. The van der Waals surface area contributed by atoms with Crippen molar-refractivity contribution in [2.24, 2.45) is 0 Å². The first-order valence-corrected chi connectivity index (χ1v) is 6.18. The minimum Gasteiger partial charge on any atom is -0.487 e. The molecular weight excluding hydrogens is 254 g/mol. The molecule has 1 heterocycles. The Balaban J connectivity index is 2.07. The van der Waals surface area contributed by atoms with Crippen molar-refractivity contribution in [1.29, 1.82) is 0 Å². The molecule has 0 saturated carbocycles. The van der Waals surface area contributed by atoms with Crippen LogP contribution in [-0.2, 0) is 11.4 Å². The van der Waals surface area contributed by atoms with Crippen molar-refractivity contribution in [3.63, 3.8) is 0 Å². The van der Waals surface area contributed by atoms with E-state index in [1.165, 1.54) is 0 Å². The molecule has 0 unspecified atom stereocenters. The van der Waals surface area contributed by atoms with Crippen LogP contribution in [0, 0.1) is 0 Å². The zero-order valence-corrected chi connectivity index (χ0v) is 11.1. The first kappa shape index (κ1) is 13.8. The minimum absolute atomic E-state index is 0.256. The Morgan fingerprint density at radius 1 is 1.30 bits per heavy atom. The van der Waals surface area contributed by atoms with Crippen molar-refractivity contribution in [2.75, 3.05) is 0 Å². The molecule has 1 aromatic carbocycles. The van der Waals surface area contributed by atoms with Crippen LogP contribution in [0.25, 0.3) is 6.08 Å². The van der Waals surface area contributed by atoms with E-state index in [-0.39, 0.29) is 5.57 Å². The molecule has 2 rings (SSSR count). The molecule has 0 radical (unpaired) electrons. The molecule has 4 heteroatoms. The summed E-state index contributed by atoms with van der Waals surface area (Å²) in [4.78, 5) is 14.8. The largest absolute Gasteiger partial charge is 0.487 e. The van der Waals surface area contributed by atoms with Gasteiger partial charge in [-0.25, -0.2) is 4.79 Å². The fourth-order valence-corrected chi connectivity index (χ4v) is 1.65. The average molecular weight is 269 g/mol. The standard InChI is InChI=1S/C16H15NO3/c1-12(16(18)19)7-14-8-15(10-17-9-14)20-11-13-5-3-2-4-6-13/h2-10H,11H2,1H3,(H,18,19). The van der Waals surface area contributed by atoms with Crippen LogP contribution in [-0.4, -0.2) is 16.1 Å². The van der Waals surface area contributed by atoms with E-state index in [9.17, 15) is 4.79 Å². The number of pyridine rings is 1. The molecule has 0 spiro atoms. The van der Waals surface area contributed by atoms with Gasteiger partial charge in [-0.2, -0.15) is 0 Å². The second kappa shape index (κ2) is 6.52. The van der Waals surface area contributed by atoms with Crippen molar-refractivity contribution in [3.05, 3.63) is 65.5 Å². The van der Waals surface area contributed by atoms with E-state index in [1.54, 1.807) is 31.5 Å². The minimum atomic E-state index is -0.944. The van der Waals surface area contributed by atoms with Gasteiger partial charge in [0, 0.05) is 11.8 Å². The van der Waals surface area contributed by atoms with Crippen molar-refractivity contribution >= 4 is 12.0 Å². The number of carboxylic acid groups (broad SMARTS) is 1. The lowest BCUT2D eigenvalue weighted by molar-refractivity contribution is -0.132. The number of ether oxygens (including phenoxy) is 1. The maximum atomic E-state index is 10.8. The van der Waals surface area contributed by atoms with Crippen LogP contribution in [0.5, 0.6) is 5.75 Å². The maximum Gasteiger partial charge on any atom is 0.331 e. The molecule has 0 aliphatic carbocycles. The summed E-state index contributed by atoms with van der Waals surface area (Å²) in [6.45, 7) is 1.99. The molecule has 2 aromatic rings. The Labute approximate surface area is 117 Å². The lowest BCUT2D eigenvalue weighted by atomic mass is 10.2. The second-order valence-electron chi connectivity index (χ2n) is 4.36. The molecular formula is C16H15NO3. The van der Waals surface area contributed by atoms with Crippen molar-refractivity contribution in [1.82, 2.24) is 4.98 Å². The molecule has 1 aromatic heterocycles. The number of aromatic nitrogens is 1. The molecule has 0 aliphatic rings. The summed E-state index contributed by atoms with van der Waals surface area (Å²) in [6, 6.07) is 11.6. The smallest absolute Gasteiger partial charge is 0.331 e. The molecule has 0 fully saturated rings. The summed E-state index contributed by atoms with van der Waals surface area (Å²) in [5, 5.41) is 8.84. The highest BCUT2D eigenvalue weighted by atomic mass is 16.5. The molecule has 102 valence electrons. The predicted molar refractivity (Wildman–Crippen MR) is 76.3 cm³/mol. The Bertz CT molecular complexity index is 621. The van der Waals surface area contributed by atoms with Gasteiger partial charge in [0.1, 0.15) is 12.4 Å².